The third kappa shape index (κ3) is 3.73. The molecule has 0 spiro atoms. The van der Waals surface area contributed by atoms with Crippen molar-refractivity contribution in [3.63, 3.8) is 0 Å². The number of carbonyl (C=O) groups excluding carboxylic acids is 2. The lowest BCUT2D eigenvalue weighted by atomic mass is 10.0. The molecule has 166 valence electrons. The standard InChI is InChI=1S/C26H28N2O4/c1-16-13-21(17(2)28(16)14-18-7-6-12-31-18)24(29)15-32-26(30)25-19-8-3-4-10-22(19)27-23-11-5-9-20(23)25/h3-4,8,10,13,18H,5-7,9,11-12,14-15H2,1-2H3/t18-/m1/s1. The smallest absolute Gasteiger partial charge is 0.339 e. The zero-order valence-corrected chi connectivity index (χ0v) is 18.6. The molecule has 0 radical (unpaired) electrons. The van der Waals surface area contributed by atoms with Crippen molar-refractivity contribution in [1.82, 2.24) is 9.55 Å². The summed E-state index contributed by atoms with van der Waals surface area (Å²) in [5.74, 6) is -0.622. The normalized spacial score (nSPS) is 17.6. The van der Waals surface area contributed by atoms with Gasteiger partial charge in [0.25, 0.3) is 0 Å². The lowest BCUT2D eigenvalue weighted by molar-refractivity contribution is 0.0475. The van der Waals surface area contributed by atoms with Gasteiger partial charge in [0.05, 0.1) is 17.2 Å². The Morgan fingerprint density at radius 1 is 1.19 bits per heavy atom. The van der Waals surface area contributed by atoms with Gasteiger partial charge in [0.1, 0.15) is 0 Å². The van der Waals surface area contributed by atoms with E-state index in [1.54, 1.807) is 0 Å². The molecule has 0 saturated carbocycles. The van der Waals surface area contributed by atoms with Gasteiger partial charge in [-0.2, -0.15) is 0 Å². The summed E-state index contributed by atoms with van der Waals surface area (Å²) in [6, 6.07) is 9.52. The third-order valence-corrected chi connectivity index (χ3v) is 6.74. The Hall–Kier alpha value is -2.99. The van der Waals surface area contributed by atoms with Gasteiger partial charge < -0.3 is 14.0 Å². The highest BCUT2D eigenvalue weighted by molar-refractivity contribution is 6.06. The summed E-state index contributed by atoms with van der Waals surface area (Å²) in [5, 5.41) is 0.792. The summed E-state index contributed by atoms with van der Waals surface area (Å²) < 4.78 is 13.5. The van der Waals surface area contributed by atoms with E-state index in [0.29, 0.717) is 11.1 Å². The Morgan fingerprint density at radius 3 is 2.84 bits per heavy atom. The van der Waals surface area contributed by atoms with Gasteiger partial charge in [0.2, 0.25) is 5.78 Å². The SMILES string of the molecule is Cc1cc(C(=O)COC(=O)c2c3c(nc4ccccc24)CCC3)c(C)n1C[C@H]1CCCO1. The van der Waals surface area contributed by atoms with Crippen LogP contribution in [0.2, 0.25) is 0 Å². The molecule has 1 atom stereocenters. The van der Waals surface area contributed by atoms with Crippen LogP contribution in [0, 0.1) is 13.8 Å². The molecule has 3 heterocycles. The van der Waals surface area contributed by atoms with Crippen LogP contribution < -0.4 is 0 Å². The number of fused-ring (bicyclic) bond motifs is 2. The van der Waals surface area contributed by atoms with Crippen LogP contribution in [0.4, 0.5) is 0 Å². The number of benzene rings is 1. The average Bonchev–Trinajstić information content (AvgIpc) is 3.53. The van der Waals surface area contributed by atoms with Gasteiger partial charge in [-0.15, -0.1) is 0 Å². The molecule has 0 bridgehead atoms. The van der Waals surface area contributed by atoms with E-state index in [2.05, 4.69) is 4.57 Å². The molecule has 2 aromatic heterocycles. The van der Waals surface area contributed by atoms with Crippen LogP contribution in [-0.2, 0) is 28.9 Å². The number of para-hydroxylation sites is 1. The van der Waals surface area contributed by atoms with E-state index in [-0.39, 0.29) is 18.5 Å². The van der Waals surface area contributed by atoms with Crippen molar-refractivity contribution in [2.24, 2.45) is 0 Å². The van der Waals surface area contributed by atoms with Crippen molar-refractivity contribution in [3.8, 4) is 0 Å². The highest BCUT2D eigenvalue weighted by Gasteiger charge is 2.26. The number of ether oxygens (including phenoxy) is 2. The van der Waals surface area contributed by atoms with Crippen LogP contribution in [0.3, 0.4) is 0 Å². The molecule has 3 aromatic rings. The molecule has 0 N–H and O–H groups in total. The first-order valence-electron chi connectivity index (χ1n) is 11.4. The zero-order valence-electron chi connectivity index (χ0n) is 18.6. The molecule has 1 aliphatic heterocycles. The Labute approximate surface area is 187 Å². The number of hydrogen-bond donors (Lipinski definition) is 0. The minimum atomic E-state index is -0.441. The zero-order chi connectivity index (χ0) is 22.2. The molecular weight excluding hydrogens is 404 g/mol. The topological polar surface area (TPSA) is 70.4 Å². The van der Waals surface area contributed by atoms with Crippen LogP contribution in [-0.4, -0.2) is 40.6 Å². The third-order valence-electron chi connectivity index (χ3n) is 6.74. The number of hydrogen-bond acceptors (Lipinski definition) is 5. The van der Waals surface area contributed by atoms with E-state index < -0.39 is 5.97 Å². The fraction of sp³-hybridized carbons (Fsp3) is 0.423. The first-order chi connectivity index (χ1) is 15.5. The largest absolute Gasteiger partial charge is 0.454 e. The number of aromatic nitrogens is 2. The monoisotopic (exact) mass is 432 g/mol. The van der Waals surface area contributed by atoms with Crippen molar-refractivity contribution in [2.75, 3.05) is 13.2 Å². The van der Waals surface area contributed by atoms with Crippen LogP contribution in [0.25, 0.3) is 10.9 Å². The van der Waals surface area contributed by atoms with E-state index in [1.165, 1.54) is 0 Å². The Balaban J connectivity index is 1.35. The predicted octanol–water partition coefficient (Wildman–Crippen LogP) is 4.36. The summed E-state index contributed by atoms with van der Waals surface area (Å²) in [6.07, 6.45) is 4.99. The van der Waals surface area contributed by atoms with Gasteiger partial charge in [-0.1, -0.05) is 18.2 Å². The summed E-state index contributed by atoms with van der Waals surface area (Å²) in [6.45, 7) is 5.23. The van der Waals surface area contributed by atoms with Gasteiger partial charge in [0.15, 0.2) is 6.61 Å². The van der Waals surface area contributed by atoms with Gasteiger partial charge >= 0.3 is 5.97 Å². The highest BCUT2D eigenvalue weighted by Crippen LogP contribution is 2.30. The summed E-state index contributed by atoms with van der Waals surface area (Å²) in [4.78, 5) is 30.8. The van der Waals surface area contributed by atoms with Crippen LogP contribution >= 0.6 is 0 Å². The number of carbonyl (C=O) groups is 2. The Kier molecular flexibility index (Phi) is 5.55. The predicted molar refractivity (Wildman–Crippen MR) is 121 cm³/mol. The fourth-order valence-electron chi connectivity index (χ4n) is 5.08. The maximum atomic E-state index is 13.1. The Morgan fingerprint density at radius 2 is 2.03 bits per heavy atom. The van der Waals surface area contributed by atoms with Gasteiger partial charge in [0, 0.05) is 41.2 Å². The number of ketones is 1. The summed E-state index contributed by atoms with van der Waals surface area (Å²) in [5.41, 5.74) is 5.83. The van der Waals surface area contributed by atoms with E-state index in [1.807, 2.05) is 44.2 Å². The summed E-state index contributed by atoms with van der Waals surface area (Å²) >= 11 is 0. The summed E-state index contributed by atoms with van der Waals surface area (Å²) in [7, 11) is 0. The molecular formula is C26H28N2O4. The van der Waals surface area contributed by atoms with Crippen LogP contribution in [0.5, 0.6) is 0 Å². The second-order valence-electron chi connectivity index (χ2n) is 8.81. The molecule has 32 heavy (non-hydrogen) atoms. The minimum absolute atomic E-state index is 0.181. The number of esters is 1. The number of Topliss-reactive ketones (excluding diaryl/α,β-unsaturated/α-hetero) is 1. The molecule has 1 saturated heterocycles. The molecule has 6 heteroatoms. The molecule has 1 aliphatic carbocycles. The van der Waals surface area contributed by atoms with Gasteiger partial charge in [-0.05, 0) is 63.6 Å². The van der Waals surface area contributed by atoms with Crippen molar-refractivity contribution >= 4 is 22.7 Å². The maximum absolute atomic E-state index is 13.1. The second-order valence-corrected chi connectivity index (χ2v) is 8.81. The van der Waals surface area contributed by atoms with Crippen molar-refractivity contribution in [3.05, 3.63) is 64.1 Å². The lowest BCUT2D eigenvalue weighted by Crippen LogP contribution is -2.19. The van der Waals surface area contributed by atoms with Crippen molar-refractivity contribution in [1.29, 1.82) is 0 Å². The average molecular weight is 433 g/mol. The quantitative estimate of drug-likeness (QED) is 0.428. The molecule has 5 rings (SSSR count). The molecule has 2 aliphatic rings. The molecule has 0 unspecified atom stereocenters. The van der Waals surface area contributed by atoms with E-state index in [9.17, 15) is 9.59 Å². The van der Waals surface area contributed by atoms with Crippen LogP contribution in [0.1, 0.15) is 62.6 Å². The molecule has 1 aromatic carbocycles. The minimum Gasteiger partial charge on any atom is -0.454 e. The lowest BCUT2D eigenvalue weighted by Gasteiger charge is -2.15. The second kappa shape index (κ2) is 8.51. The van der Waals surface area contributed by atoms with E-state index in [0.717, 1.165) is 78.8 Å². The van der Waals surface area contributed by atoms with Gasteiger partial charge in [-0.25, -0.2) is 4.79 Å². The maximum Gasteiger partial charge on any atom is 0.339 e. The number of aryl methyl sites for hydroxylation is 2. The number of rotatable bonds is 6. The molecule has 6 nitrogen and oxygen atoms in total. The van der Waals surface area contributed by atoms with Crippen molar-refractivity contribution < 1.29 is 19.1 Å². The number of pyridine rings is 1. The van der Waals surface area contributed by atoms with Crippen molar-refractivity contribution in [2.45, 2.75) is 58.6 Å². The number of nitrogens with zero attached hydrogens (tertiary/aromatic N) is 2. The molecule has 1 fully saturated rings. The fourth-order valence-corrected chi connectivity index (χ4v) is 5.08. The first kappa shape index (κ1) is 20.9. The van der Waals surface area contributed by atoms with Gasteiger partial charge in [-0.3, -0.25) is 9.78 Å². The molecule has 0 amide bonds. The van der Waals surface area contributed by atoms with E-state index >= 15 is 0 Å². The van der Waals surface area contributed by atoms with Crippen LogP contribution in [0.15, 0.2) is 30.3 Å². The highest BCUT2D eigenvalue weighted by atomic mass is 16.5. The Bertz CT molecular complexity index is 1200. The first-order valence-corrected chi connectivity index (χ1v) is 11.4. The van der Waals surface area contributed by atoms with E-state index in [4.69, 9.17) is 14.5 Å².